The first-order valence-corrected chi connectivity index (χ1v) is 8.68. The third-order valence-electron chi connectivity index (χ3n) is 3.78. The Morgan fingerprint density at radius 3 is 2.52 bits per heavy atom. The van der Waals surface area contributed by atoms with Gasteiger partial charge in [-0.2, -0.15) is 0 Å². The van der Waals surface area contributed by atoms with Crippen LogP contribution in [0.2, 0.25) is 0 Å². The Balaban J connectivity index is 1.70. The van der Waals surface area contributed by atoms with Gasteiger partial charge in [0.1, 0.15) is 5.82 Å². The van der Waals surface area contributed by atoms with Crippen LogP contribution < -0.4 is 10.6 Å². The summed E-state index contributed by atoms with van der Waals surface area (Å²) in [6.45, 7) is 4.12. The van der Waals surface area contributed by atoms with Crippen LogP contribution in [0.1, 0.15) is 21.5 Å². The average Bonchev–Trinajstić information content (AvgIpc) is 2.59. The molecule has 0 radical (unpaired) electrons. The molecule has 1 aromatic heterocycles. The number of carbonyl (C=O) groups excluding carboxylic acids is 1. The number of hydrogen-bond donors (Lipinski definition) is 2. The summed E-state index contributed by atoms with van der Waals surface area (Å²) in [7, 11) is 0. The van der Waals surface area contributed by atoms with E-state index in [4.69, 9.17) is 0 Å². The van der Waals surface area contributed by atoms with Crippen molar-refractivity contribution in [3.63, 3.8) is 0 Å². The van der Waals surface area contributed by atoms with E-state index in [0.29, 0.717) is 11.3 Å². The van der Waals surface area contributed by atoms with Gasteiger partial charge in [-0.15, -0.1) is 0 Å². The summed E-state index contributed by atoms with van der Waals surface area (Å²) in [6.07, 6.45) is 1.64. The number of anilines is 3. The molecule has 0 aliphatic rings. The fourth-order valence-electron chi connectivity index (χ4n) is 2.48. The van der Waals surface area contributed by atoms with Crippen LogP contribution in [-0.4, -0.2) is 10.9 Å². The molecule has 3 rings (SSSR count). The van der Waals surface area contributed by atoms with Crippen LogP contribution in [0, 0.1) is 13.8 Å². The topological polar surface area (TPSA) is 54.0 Å². The van der Waals surface area contributed by atoms with Crippen molar-refractivity contribution in [1.82, 2.24) is 4.98 Å². The number of halogens is 1. The molecule has 126 valence electrons. The van der Waals surface area contributed by atoms with Gasteiger partial charge in [0.15, 0.2) is 0 Å². The van der Waals surface area contributed by atoms with E-state index in [1.165, 1.54) is 5.56 Å². The fourth-order valence-corrected chi connectivity index (χ4v) is 2.94. The number of aryl methyl sites for hydroxylation is 2. The Morgan fingerprint density at radius 1 is 1.04 bits per heavy atom. The Bertz CT molecular complexity index is 907. The van der Waals surface area contributed by atoms with Gasteiger partial charge >= 0.3 is 0 Å². The lowest BCUT2D eigenvalue weighted by atomic mass is 10.1. The number of aromatic nitrogens is 1. The fraction of sp³-hybridized carbons (Fsp3) is 0.100. The van der Waals surface area contributed by atoms with Crippen LogP contribution in [0.3, 0.4) is 0 Å². The lowest BCUT2D eigenvalue weighted by Gasteiger charge is -2.11. The van der Waals surface area contributed by atoms with Crippen molar-refractivity contribution in [3.05, 3.63) is 82.0 Å². The maximum Gasteiger partial charge on any atom is 0.256 e. The summed E-state index contributed by atoms with van der Waals surface area (Å²) in [6, 6.07) is 17.2. The molecule has 1 amide bonds. The molecular formula is C20H18BrN3O. The predicted molar refractivity (Wildman–Crippen MR) is 106 cm³/mol. The molecule has 0 aliphatic heterocycles. The number of rotatable bonds is 4. The number of benzene rings is 2. The molecule has 2 aromatic carbocycles. The van der Waals surface area contributed by atoms with Gasteiger partial charge < -0.3 is 10.6 Å². The second-order valence-electron chi connectivity index (χ2n) is 5.81. The van der Waals surface area contributed by atoms with Crippen LogP contribution in [0.5, 0.6) is 0 Å². The lowest BCUT2D eigenvalue weighted by molar-refractivity contribution is 0.102. The van der Waals surface area contributed by atoms with Crippen molar-refractivity contribution < 1.29 is 4.79 Å². The third-order valence-corrected chi connectivity index (χ3v) is 4.48. The zero-order chi connectivity index (χ0) is 17.8. The van der Waals surface area contributed by atoms with Crippen molar-refractivity contribution in [1.29, 1.82) is 0 Å². The number of carbonyl (C=O) groups is 1. The molecule has 5 heteroatoms. The Kier molecular flexibility index (Phi) is 5.14. The third kappa shape index (κ3) is 4.25. The maximum absolute atomic E-state index is 12.3. The highest BCUT2D eigenvalue weighted by molar-refractivity contribution is 9.10. The van der Waals surface area contributed by atoms with E-state index in [-0.39, 0.29) is 5.91 Å². The van der Waals surface area contributed by atoms with Crippen molar-refractivity contribution in [2.45, 2.75) is 13.8 Å². The molecule has 3 aromatic rings. The summed E-state index contributed by atoms with van der Waals surface area (Å²) in [5.41, 5.74) is 4.63. The number of hydrogen-bond acceptors (Lipinski definition) is 3. The zero-order valence-electron chi connectivity index (χ0n) is 14.0. The molecular weight excluding hydrogens is 378 g/mol. The lowest BCUT2D eigenvalue weighted by Crippen LogP contribution is -2.12. The largest absolute Gasteiger partial charge is 0.340 e. The normalized spacial score (nSPS) is 10.4. The molecule has 0 atom stereocenters. The van der Waals surface area contributed by atoms with Crippen molar-refractivity contribution >= 4 is 39.0 Å². The highest BCUT2D eigenvalue weighted by Crippen LogP contribution is 2.22. The summed E-state index contributed by atoms with van der Waals surface area (Å²) >= 11 is 3.38. The summed E-state index contributed by atoms with van der Waals surface area (Å²) in [5.74, 6) is 0.551. The molecule has 2 N–H and O–H groups in total. The van der Waals surface area contributed by atoms with Gasteiger partial charge in [0.2, 0.25) is 0 Å². The van der Waals surface area contributed by atoms with E-state index >= 15 is 0 Å². The quantitative estimate of drug-likeness (QED) is 0.616. The van der Waals surface area contributed by atoms with Crippen molar-refractivity contribution in [2.75, 3.05) is 10.6 Å². The zero-order valence-corrected chi connectivity index (χ0v) is 15.6. The van der Waals surface area contributed by atoms with E-state index < -0.39 is 0 Å². The van der Waals surface area contributed by atoms with Gasteiger partial charge in [-0.05, 0) is 65.7 Å². The number of nitrogens with one attached hydrogen (secondary N) is 2. The molecule has 0 aliphatic carbocycles. The predicted octanol–water partition coefficient (Wildman–Crippen LogP) is 5.46. The number of nitrogens with zero attached hydrogens (tertiary/aromatic N) is 1. The standard InChI is InChI=1S/C20H18BrN3O/c1-13-7-9-18(14(2)11-13)24-19-10-8-15(12-22-19)23-20(25)16-5-3-4-6-17(16)21/h3-12H,1-2H3,(H,22,24)(H,23,25). The molecule has 4 nitrogen and oxygen atoms in total. The highest BCUT2D eigenvalue weighted by atomic mass is 79.9. The Morgan fingerprint density at radius 2 is 1.84 bits per heavy atom. The van der Waals surface area contributed by atoms with Crippen molar-refractivity contribution in [3.8, 4) is 0 Å². The first-order chi connectivity index (χ1) is 12.0. The Labute approximate surface area is 155 Å². The van der Waals surface area contributed by atoms with Crippen LogP contribution >= 0.6 is 15.9 Å². The smallest absolute Gasteiger partial charge is 0.256 e. The van der Waals surface area contributed by atoms with Gasteiger partial charge in [0.25, 0.3) is 5.91 Å². The molecule has 0 bridgehead atoms. The number of amides is 1. The van der Waals surface area contributed by atoms with Crippen molar-refractivity contribution in [2.24, 2.45) is 0 Å². The first kappa shape index (κ1) is 17.2. The summed E-state index contributed by atoms with van der Waals surface area (Å²) in [4.78, 5) is 16.7. The van der Waals surface area contributed by atoms with Crippen LogP contribution in [0.15, 0.2) is 65.3 Å². The SMILES string of the molecule is Cc1ccc(Nc2ccc(NC(=O)c3ccccc3Br)cn2)c(C)c1. The minimum atomic E-state index is -0.177. The minimum absolute atomic E-state index is 0.177. The average molecular weight is 396 g/mol. The van der Waals surface area contributed by atoms with E-state index in [9.17, 15) is 4.79 Å². The van der Waals surface area contributed by atoms with Crippen LogP contribution in [0.4, 0.5) is 17.2 Å². The van der Waals surface area contributed by atoms with E-state index in [1.807, 2.05) is 36.4 Å². The first-order valence-electron chi connectivity index (χ1n) is 7.89. The number of pyridine rings is 1. The van der Waals surface area contributed by atoms with Gasteiger partial charge in [-0.1, -0.05) is 29.8 Å². The summed E-state index contributed by atoms with van der Waals surface area (Å²) < 4.78 is 0.758. The molecule has 0 unspecified atom stereocenters. The maximum atomic E-state index is 12.3. The molecule has 0 spiro atoms. The summed E-state index contributed by atoms with van der Waals surface area (Å²) in [5, 5.41) is 6.14. The van der Waals surface area contributed by atoms with Crippen LogP contribution in [-0.2, 0) is 0 Å². The molecule has 0 fully saturated rings. The molecule has 25 heavy (non-hydrogen) atoms. The molecule has 0 saturated carbocycles. The van der Waals surface area contributed by atoms with Crippen LogP contribution in [0.25, 0.3) is 0 Å². The van der Waals surface area contributed by atoms with E-state index in [0.717, 1.165) is 21.5 Å². The monoisotopic (exact) mass is 395 g/mol. The van der Waals surface area contributed by atoms with E-state index in [1.54, 1.807) is 12.3 Å². The van der Waals surface area contributed by atoms with E-state index in [2.05, 4.69) is 57.5 Å². The second-order valence-corrected chi connectivity index (χ2v) is 6.66. The molecule has 0 saturated heterocycles. The second kappa shape index (κ2) is 7.49. The van der Waals surface area contributed by atoms with Gasteiger partial charge in [0.05, 0.1) is 17.4 Å². The van der Waals surface area contributed by atoms with Gasteiger partial charge in [0, 0.05) is 10.2 Å². The highest BCUT2D eigenvalue weighted by Gasteiger charge is 2.09. The minimum Gasteiger partial charge on any atom is -0.340 e. The Hall–Kier alpha value is -2.66. The van der Waals surface area contributed by atoms with Gasteiger partial charge in [-0.3, -0.25) is 4.79 Å². The van der Waals surface area contributed by atoms with Gasteiger partial charge in [-0.25, -0.2) is 4.98 Å². The molecule has 1 heterocycles.